The van der Waals surface area contributed by atoms with E-state index < -0.39 is 6.04 Å². The van der Waals surface area contributed by atoms with Crippen molar-refractivity contribution in [2.45, 2.75) is 25.8 Å². The van der Waals surface area contributed by atoms with Crippen LogP contribution in [0.25, 0.3) is 0 Å². The smallest absolute Gasteiger partial charge is 0.255 e. The van der Waals surface area contributed by atoms with E-state index in [1.54, 1.807) is 35.7 Å². The van der Waals surface area contributed by atoms with E-state index in [2.05, 4.69) is 0 Å². The molecule has 0 saturated carbocycles. The zero-order valence-corrected chi connectivity index (χ0v) is 13.4. The van der Waals surface area contributed by atoms with Gasteiger partial charge >= 0.3 is 0 Å². The Bertz CT molecular complexity index is 602. The summed E-state index contributed by atoms with van der Waals surface area (Å²) in [7, 11) is 0. The molecule has 2 saturated heterocycles. The highest BCUT2D eigenvalue weighted by Crippen LogP contribution is 2.26. The molecule has 2 heterocycles. The van der Waals surface area contributed by atoms with Crippen LogP contribution in [0.15, 0.2) is 18.2 Å². The average Bonchev–Trinajstić information content (AvgIpc) is 3.19. The third-order valence-corrected chi connectivity index (χ3v) is 5.28. The lowest BCUT2D eigenvalue weighted by Gasteiger charge is -2.27. The lowest BCUT2D eigenvalue weighted by molar-refractivity contribution is -0.133. The second kappa shape index (κ2) is 6.28. The topological polar surface area (TPSA) is 40.6 Å². The third kappa shape index (κ3) is 2.84. The molecule has 2 amide bonds. The molecule has 2 fully saturated rings. The zero-order chi connectivity index (χ0) is 15.7. The van der Waals surface area contributed by atoms with Crippen molar-refractivity contribution in [1.82, 2.24) is 9.80 Å². The molecule has 22 heavy (non-hydrogen) atoms. The summed E-state index contributed by atoms with van der Waals surface area (Å²) in [5.41, 5.74) is 0.821. The van der Waals surface area contributed by atoms with Crippen LogP contribution in [0.4, 0.5) is 4.39 Å². The lowest BCUT2D eigenvalue weighted by Crippen LogP contribution is -2.48. The normalized spacial score (nSPS) is 21.5. The number of rotatable bonds is 2. The van der Waals surface area contributed by atoms with Crippen LogP contribution in [-0.4, -0.2) is 52.4 Å². The van der Waals surface area contributed by atoms with Gasteiger partial charge in [0.05, 0.1) is 5.88 Å². The van der Waals surface area contributed by atoms with Crippen molar-refractivity contribution in [1.29, 1.82) is 0 Å². The molecule has 6 heteroatoms. The number of amides is 2. The molecule has 1 aromatic carbocycles. The van der Waals surface area contributed by atoms with Gasteiger partial charge in [-0.05, 0) is 37.5 Å². The Labute approximate surface area is 133 Å². The van der Waals surface area contributed by atoms with Gasteiger partial charge in [-0.1, -0.05) is 6.07 Å². The Morgan fingerprint density at radius 1 is 1.27 bits per heavy atom. The highest BCUT2D eigenvalue weighted by molar-refractivity contribution is 7.99. The van der Waals surface area contributed by atoms with E-state index in [9.17, 15) is 14.0 Å². The number of likely N-dealkylation sites (tertiary alicyclic amines) is 1. The molecule has 4 nitrogen and oxygen atoms in total. The molecular weight excluding hydrogens is 303 g/mol. The molecular formula is C16H19FN2O2S. The van der Waals surface area contributed by atoms with Crippen LogP contribution < -0.4 is 0 Å². The molecule has 2 aliphatic rings. The second-order valence-electron chi connectivity index (χ2n) is 5.79. The van der Waals surface area contributed by atoms with Gasteiger partial charge < -0.3 is 9.80 Å². The summed E-state index contributed by atoms with van der Waals surface area (Å²) in [6.45, 7) is 3.22. The minimum atomic E-state index is -0.417. The summed E-state index contributed by atoms with van der Waals surface area (Å²) < 4.78 is 13.7. The van der Waals surface area contributed by atoms with E-state index in [0.29, 0.717) is 22.8 Å². The largest absolute Gasteiger partial charge is 0.341 e. The van der Waals surface area contributed by atoms with Gasteiger partial charge in [0.15, 0.2) is 0 Å². The number of thioether (sulfide) groups is 1. The Hall–Kier alpha value is -1.56. The number of halogens is 1. The number of aryl methyl sites for hydroxylation is 1. The van der Waals surface area contributed by atoms with Gasteiger partial charge in [0, 0.05) is 24.4 Å². The molecule has 0 spiro atoms. The van der Waals surface area contributed by atoms with Crippen LogP contribution in [0.1, 0.15) is 28.8 Å². The first-order valence-electron chi connectivity index (χ1n) is 7.51. The van der Waals surface area contributed by atoms with Gasteiger partial charge in [0.2, 0.25) is 5.91 Å². The van der Waals surface area contributed by atoms with Crippen LogP contribution in [0.2, 0.25) is 0 Å². The van der Waals surface area contributed by atoms with Gasteiger partial charge in [-0.3, -0.25) is 9.59 Å². The highest BCUT2D eigenvalue weighted by Gasteiger charge is 2.38. The van der Waals surface area contributed by atoms with E-state index in [1.165, 1.54) is 6.07 Å². The molecule has 0 aromatic heterocycles. The van der Waals surface area contributed by atoms with Crippen LogP contribution in [0.3, 0.4) is 0 Å². The Morgan fingerprint density at radius 2 is 2.00 bits per heavy atom. The van der Waals surface area contributed by atoms with E-state index in [0.717, 1.165) is 25.9 Å². The monoisotopic (exact) mass is 322 g/mol. The molecule has 118 valence electrons. The van der Waals surface area contributed by atoms with Crippen LogP contribution in [0.5, 0.6) is 0 Å². The van der Waals surface area contributed by atoms with Gasteiger partial charge in [-0.25, -0.2) is 4.39 Å². The minimum absolute atomic E-state index is 0.0310. The molecule has 0 bridgehead atoms. The predicted octanol–water partition coefficient (Wildman–Crippen LogP) is 2.27. The molecule has 1 atom stereocenters. The molecule has 0 N–H and O–H groups in total. The van der Waals surface area contributed by atoms with E-state index >= 15 is 0 Å². The standard InChI is InChI=1S/C16H19FN2O2S/c1-11-4-5-12(8-13(11)17)15(20)19-10-22-9-14(19)16(21)18-6-2-3-7-18/h4-5,8,14H,2-3,6-7,9-10H2,1H3/t14-/m1/s1. The fraction of sp³-hybridized carbons (Fsp3) is 0.500. The first-order chi connectivity index (χ1) is 10.6. The number of hydrogen-bond donors (Lipinski definition) is 0. The molecule has 3 rings (SSSR count). The predicted molar refractivity (Wildman–Crippen MR) is 84.2 cm³/mol. The van der Waals surface area contributed by atoms with Crippen molar-refractivity contribution in [3.8, 4) is 0 Å². The van der Waals surface area contributed by atoms with Gasteiger partial charge in [0.1, 0.15) is 11.9 Å². The Kier molecular flexibility index (Phi) is 4.38. The van der Waals surface area contributed by atoms with Gasteiger partial charge in [-0.15, -0.1) is 11.8 Å². The lowest BCUT2D eigenvalue weighted by atomic mass is 10.1. The highest BCUT2D eigenvalue weighted by atomic mass is 32.2. The van der Waals surface area contributed by atoms with Crippen molar-refractivity contribution in [2.75, 3.05) is 24.7 Å². The van der Waals surface area contributed by atoms with Crippen LogP contribution in [0, 0.1) is 12.7 Å². The first-order valence-corrected chi connectivity index (χ1v) is 8.67. The van der Waals surface area contributed by atoms with E-state index in [-0.39, 0.29) is 17.6 Å². The fourth-order valence-corrected chi connectivity index (χ4v) is 4.03. The van der Waals surface area contributed by atoms with Crippen LogP contribution in [-0.2, 0) is 4.79 Å². The van der Waals surface area contributed by atoms with Crippen molar-refractivity contribution in [3.63, 3.8) is 0 Å². The number of carbonyl (C=O) groups is 2. The molecule has 0 aliphatic carbocycles. The molecule has 0 radical (unpaired) electrons. The van der Waals surface area contributed by atoms with Crippen molar-refractivity contribution in [3.05, 3.63) is 35.1 Å². The number of carbonyl (C=O) groups excluding carboxylic acids is 2. The maximum atomic E-state index is 13.7. The average molecular weight is 322 g/mol. The summed E-state index contributed by atoms with van der Waals surface area (Å²) >= 11 is 1.57. The summed E-state index contributed by atoms with van der Waals surface area (Å²) in [6.07, 6.45) is 2.06. The summed E-state index contributed by atoms with van der Waals surface area (Å²) in [4.78, 5) is 28.6. The number of benzene rings is 1. The zero-order valence-electron chi connectivity index (χ0n) is 12.5. The van der Waals surface area contributed by atoms with Crippen LogP contribution >= 0.6 is 11.8 Å². The quantitative estimate of drug-likeness (QED) is 0.839. The maximum Gasteiger partial charge on any atom is 0.255 e. The van der Waals surface area contributed by atoms with Gasteiger partial charge in [0.25, 0.3) is 5.91 Å². The Balaban J connectivity index is 1.78. The van der Waals surface area contributed by atoms with E-state index in [4.69, 9.17) is 0 Å². The van der Waals surface area contributed by atoms with E-state index in [1.807, 2.05) is 4.90 Å². The molecule has 2 aliphatic heterocycles. The second-order valence-corrected chi connectivity index (χ2v) is 6.79. The SMILES string of the molecule is Cc1ccc(C(=O)N2CSC[C@@H]2C(=O)N2CCCC2)cc1F. The fourth-order valence-electron chi connectivity index (χ4n) is 2.89. The summed E-state index contributed by atoms with van der Waals surface area (Å²) in [5.74, 6) is 0.485. The van der Waals surface area contributed by atoms with Crippen molar-refractivity contribution in [2.24, 2.45) is 0 Å². The Morgan fingerprint density at radius 3 is 2.68 bits per heavy atom. The number of nitrogens with zero attached hydrogens (tertiary/aromatic N) is 2. The molecule has 1 aromatic rings. The molecule has 0 unspecified atom stereocenters. The number of hydrogen-bond acceptors (Lipinski definition) is 3. The first kappa shape index (κ1) is 15.3. The van der Waals surface area contributed by atoms with Gasteiger partial charge in [-0.2, -0.15) is 0 Å². The van der Waals surface area contributed by atoms with Crippen molar-refractivity contribution >= 4 is 23.6 Å². The minimum Gasteiger partial charge on any atom is -0.341 e. The summed E-state index contributed by atoms with van der Waals surface area (Å²) in [5, 5.41) is 0. The third-order valence-electron chi connectivity index (χ3n) is 4.26. The maximum absolute atomic E-state index is 13.7. The van der Waals surface area contributed by atoms with Crippen molar-refractivity contribution < 1.29 is 14.0 Å². The summed E-state index contributed by atoms with van der Waals surface area (Å²) in [6, 6.07) is 4.07.